The molecule has 100 valence electrons. The molecule has 1 aromatic rings. The summed E-state index contributed by atoms with van der Waals surface area (Å²) in [5, 5.41) is 13.1. The summed E-state index contributed by atoms with van der Waals surface area (Å²) in [6.07, 6.45) is 3.04. The summed E-state index contributed by atoms with van der Waals surface area (Å²) in [6.45, 7) is 9.86. The van der Waals surface area contributed by atoms with Gasteiger partial charge in [-0.05, 0) is 19.9 Å². The van der Waals surface area contributed by atoms with E-state index in [1.165, 1.54) is 4.88 Å². The molecule has 0 amide bonds. The SMILES string of the molecule is CCCNc1ncc(CN(CC)CC(C)C#N)s1. The number of hydrogen-bond acceptors (Lipinski definition) is 5. The van der Waals surface area contributed by atoms with Gasteiger partial charge in [-0.2, -0.15) is 5.26 Å². The highest BCUT2D eigenvalue weighted by Crippen LogP contribution is 2.20. The average molecular weight is 266 g/mol. The van der Waals surface area contributed by atoms with Gasteiger partial charge in [0.15, 0.2) is 5.13 Å². The maximum absolute atomic E-state index is 8.85. The summed E-state index contributed by atoms with van der Waals surface area (Å²) in [6, 6.07) is 2.28. The van der Waals surface area contributed by atoms with Gasteiger partial charge in [0.2, 0.25) is 0 Å². The topological polar surface area (TPSA) is 52.0 Å². The Morgan fingerprint density at radius 3 is 2.94 bits per heavy atom. The second-order valence-electron chi connectivity index (χ2n) is 4.42. The Labute approximate surface area is 114 Å². The first-order valence-corrected chi connectivity index (χ1v) is 7.31. The second-order valence-corrected chi connectivity index (χ2v) is 5.53. The molecule has 0 saturated heterocycles. The van der Waals surface area contributed by atoms with E-state index in [4.69, 9.17) is 5.26 Å². The lowest BCUT2D eigenvalue weighted by molar-refractivity contribution is 0.262. The molecule has 1 unspecified atom stereocenters. The van der Waals surface area contributed by atoms with Crippen LogP contribution in [0.2, 0.25) is 0 Å². The quantitative estimate of drug-likeness (QED) is 0.786. The lowest BCUT2D eigenvalue weighted by Crippen LogP contribution is -2.27. The number of hydrogen-bond donors (Lipinski definition) is 1. The average Bonchev–Trinajstić information content (AvgIpc) is 2.82. The van der Waals surface area contributed by atoms with E-state index in [2.05, 4.69) is 35.1 Å². The maximum Gasteiger partial charge on any atom is 0.182 e. The Morgan fingerprint density at radius 2 is 2.33 bits per heavy atom. The fourth-order valence-corrected chi connectivity index (χ4v) is 2.53. The molecule has 0 fully saturated rings. The Kier molecular flexibility index (Phi) is 6.69. The van der Waals surface area contributed by atoms with E-state index in [-0.39, 0.29) is 5.92 Å². The number of aromatic nitrogens is 1. The third kappa shape index (κ3) is 5.03. The van der Waals surface area contributed by atoms with Crippen molar-refractivity contribution in [2.75, 3.05) is 25.0 Å². The number of anilines is 1. The van der Waals surface area contributed by atoms with Crippen LogP contribution in [0.15, 0.2) is 6.20 Å². The lowest BCUT2D eigenvalue weighted by atomic mass is 10.2. The van der Waals surface area contributed by atoms with Crippen LogP contribution in [0, 0.1) is 17.2 Å². The number of rotatable bonds is 8. The third-order valence-electron chi connectivity index (χ3n) is 2.66. The third-order valence-corrected chi connectivity index (χ3v) is 3.60. The number of thiazole rings is 1. The molecule has 1 atom stereocenters. The highest BCUT2D eigenvalue weighted by molar-refractivity contribution is 7.15. The summed E-state index contributed by atoms with van der Waals surface area (Å²) < 4.78 is 0. The molecule has 0 bridgehead atoms. The van der Waals surface area contributed by atoms with Crippen molar-refractivity contribution in [3.8, 4) is 6.07 Å². The second kappa shape index (κ2) is 8.06. The first kappa shape index (κ1) is 14.9. The molecular formula is C13H22N4S. The van der Waals surface area contributed by atoms with Crippen LogP contribution >= 0.6 is 11.3 Å². The molecule has 0 spiro atoms. The Balaban J connectivity index is 2.49. The van der Waals surface area contributed by atoms with E-state index in [9.17, 15) is 0 Å². The van der Waals surface area contributed by atoms with E-state index in [0.717, 1.165) is 37.7 Å². The smallest absolute Gasteiger partial charge is 0.182 e. The van der Waals surface area contributed by atoms with Crippen molar-refractivity contribution in [2.24, 2.45) is 5.92 Å². The minimum absolute atomic E-state index is 0.0792. The molecule has 1 heterocycles. The van der Waals surface area contributed by atoms with E-state index < -0.39 is 0 Å². The summed E-state index contributed by atoms with van der Waals surface area (Å²) in [4.78, 5) is 7.89. The first-order chi connectivity index (χ1) is 8.69. The van der Waals surface area contributed by atoms with Crippen molar-refractivity contribution in [1.29, 1.82) is 5.26 Å². The highest BCUT2D eigenvalue weighted by atomic mass is 32.1. The molecule has 0 saturated carbocycles. The molecular weight excluding hydrogens is 244 g/mol. The summed E-state index contributed by atoms with van der Waals surface area (Å²) in [5.74, 6) is 0.0792. The Morgan fingerprint density at radius 1 is 1.56 bits per heavy atom. The monoisotopic (exact) mass is 266 g/mol. The number of nitrogens with zero attached hydrogens (tertiary/aromatic N) is 3. The normalized spacial score (nSPS) is 12.4. The van der Waals surface area contributed by atoms with Crippen molar-refractivity contribution in [3.05, 3.63) is 11.1 Å². The van der Waals surface area contributed by atoms with E-state index in [1.54, 1.807) is 11.3 Å². The van der Waals surface area contributed by atoms with E-state index in [0.29, 0.717) is 0 Å². The Hall–Kier alpha value is -1.12. The molecule has 18 heavy (non-hydrogen) atoms. The molecule has 0 aliphatic carbocycles. The minimum atomic E-state index is 0.0792. The van der Waals surface area contributed by atoms with Crippen LogP contribution in [0.5, 0.6) is 0 Å². The Bertz CT molecular complexity index is 383. The predicted molar refractivity (Wildman–Crippen MR) is 76.6 cm³/mol. The number of nitrogens with one attached hydrogen (secondary N) is 1. The van der Waals surface area contributed by atoms with Gasteiger partial charge in [-0.25, -0.2) is 4.98 Å². The van der Waals surface area contributed by atoms with Crippen LogP contribution in [0.1, 0.15) is 32.1 Å². The van der Waals surface area contributed by atoms with Crippen LogP contribution in [0.3, 0.4) is 0 Å². The van der Waals surface area contributed by atoms with Crippen molar-refractivity contribution in [1.82, 2.24) is 9.88 Å². The molecule has 4 nitrogen and oxygen atoms in total. The molecule has 0 aliphatic heterocycles. The standard InChI is InChI=1S/C13H22N4S/c1-4-6-15-13-16-8-12(18-13)10-17(5-2)9-11(3)7-14/h8,11H,4-6,9-10H2,1-3H3,(H,15,16). The van der Waals surface area contributed by atoms with E-state index in [1.807, 2.05) is 13.1 Å². The van der Waals surface area contributed by atoms with Gasteiger partial charge in [-0.3, -0.25) is 4.90 Å². The van der Waals surface area contributed by atoms with Crippen molar-refractivity contribution in [3.63, 3.8) is 0 Å². The molecule has 0 radical (unpaired) electrons. The van der Waals surface area contributed by atoms with Gasteiger partial charge in [-0.1, -0.05) is 13.8 Å². The highest BCUT2D eigenvalue weighted by Gasteiger charge is 2.10. The van der Waals surface area contributed by atoms with Crippen LogP contribution in [-0.2, 0) is 6.54 Å². The van der Waals surface area contributed by atoms with Gasteiger partial charge in [0.05, 0.1) is 12.0 Å². The van der Waals surface area contributed by atoms with Crippen LogP contribution in [0.4, 0.5) is 5.13 Å². The largest absolute Gasteiger partial charge is 0.362 e. The predicted octanol–water partition coefficient (Wildman–Crippen LogP) is 2.95. The van der Waals surface area contributed by atoms with Gasteiger partial charge < -0.3 is 5.32 Å². The summed E-state index contributed by atoms with van der Waals surface area (Å²) >= 11 is 1.70. The molecule has 0 aliphatic rings. The molecule has 0 aromatic carbocycles. The van der Waals surface area contributed by atoms with Crippen molar-refractivity contribution in [2.45, 2.75) is 33.7 Å². The minimum Gasteiger partial charge on any atom is -0.362 e. The molecule has 1 aromatic heterocycles. The van der Waals surface area contributed by atoms with Crippen molar-refractivity contribution >= 4 is 16.5 Å². The van der Waals surface area contributed by atoms with E-state index >= 15 is 0 Å². The van der Waals surface area contributed by atoms with Gasteiger partial charge in [0.1, 0.15) is 0 Å². The fraction of sp³-hybridized carbons (Fsp3) is 0.692. The maximum atomic E-state index is 8.85. The molecule has 1 rings (SSSR count). The van der Waals surface area contributed by atoms with Crippen molar-refractivity contribution < 1.29 is 0 Å². The number of nitriles is 1. The van der Waals surface area contributed by atoms with Gasteiger partial charge >= 0.3 is 0 Å². The van der Waals surface area contributed by atoms with Crippen LogP contribution < -0.4 is 5.32 Å². The summed E-state index contributed by atoms with van der Waals surface area (Å²) in [5.41, 5.74) is 0. The molecule has 5 heteroatoms. The fourth-order valence-electron chi connectivity index (χ4n) is 1.65. The lowest BCUT2D eigenvalue weighted by Gasteiger charge is -2.20. The zero-order chi connectivity index (χ0) is 13.4. The van der Waals surface area contributed by atoms with Gasteiger partial charge in [-0.15, -0.1) is 11.3 Å². The van der Waals surface area contributed by atoms with Gasteiger partial charge in [0, 0.05) is 30.7 Å². The van der Waals surface area contributed by atoms with Crippen LogP contribution in [0.25, 0.3) is 0 Å². The zero-order valence-electron chi connectivity index (χ0n) is 11.4. The van der Waals surface area contributed by atoms with Gasteiger partial charge in [0.25, 0.3) is 0 Å². The first-order valence-electron chi connectivity index (χ1n) is 6.50. The molecule has 1 N–H and O–H groups in total. The van der Waals surface area contributed by atoms with Crippen LogP contribution in [-0.4, -0.2) is 29.5 Å². The summed E-state index contributed by atoms with van der Waals surface area (Å²) in [7, 11) is 0. The zero-order valence-corrected chi connectivity index (χ0v) is 12.3.